The number of fused-ring (bicyclic) bond motifs is 1. The van der Waals surface area contributed by atoms with E-state index >= 15 is 0 Å². The first-order chi connectivity index (χ1) is 12.3. The first kappa shape index (κ1) is 18.5. The van der Waals surface area contributed by atoms with E-state index in [0.717, 1.165) is 34.1 Å². The summed E-state index contributed by atoms with van der Waals surface area (Å²) >= 11 is 1.31. The molecule has 2 amide bonds. The van der Waals surface area contributed by atoms with Gasteiger partial charge in [-0.2, -0.15) is 5.10 Å². The Morgan fingerprint density at radius 2 is 2.00 bits per heavy atom. The van der Waals surface area contributed by atoms with Crippen molar-refractivity contribution >= 4 is 29.3 Å². The highest BCUT2D eigenvalue weighted by Crippen LogP contribution is 2.44. The third-order valence-electron chi connectivity index (χ3n) is 4.94. The molecule has 7 heteroatoms. The SMILES string of the molecule is CCn1nc(C)c(CNC(=O)C2(C)Sc3ccccc3N(C)C2=O)c1C. The monoisotopic (exact) mass is 372 g/mol. The van der Waals surface area contributed by atoms with Crippen molar-refractivity contribution in [3.05, 3.63) is 41.2 Å². The van der Waals surface area contributed by atoms with Crippen molar-refractivity contribution in [2.75, 3.05) is 11.9 Å². The van der Waals surface area contributed by atoms with Crippen LogP contribution >= 0.6 is 11.8 Å². The van der Waals surface area contributed by atoms with Crippen LogP contribution in [0.3, 0.4) is 0 Å². The standard InChI is InChI=1S/C19H24N4O2S/c1-6-23-13(3)14(12(2)21-23)11-20-17(24)19(4)18(25)22(5)15-9-7-8-10-16(15)26-19/h7-10H,6,11H2,1-5H3,(H,20,24). The van der Waals surface area contributed by atoms with Crippen LogP contribution in [0.1, 0.15) is 30.8 Å². The molecule has 0 radical (unpaired) electrons. The van der Waals surface area contributed by atoms with Crippen LogP contribution < -0.4 is 10.2 Å². The summed E-state index contributed by atoms with van der Waals surface area (Å²) in [6.07, 6.45) is 0. The number of nitrogens with zero attached hydrogens (tertiary/aromatic N) is 3. The Bertz CT molecular complexity index is 876. The Hall–Kier alpha value is -2.28. The van der Waals surface area contributed by atoms with E-state index in [1.807, 2.05) is 49.7 Å². The zero-order valence-electron chi connectivity index (χ0n) is 15.8. The Kier molecular flexibility index (Phi) is 4.84. The number of anilines is 1. The van der Waals surface area contributed by atoms with Crippen LogP contribution in [-0.2, 0) is 22.7 Å². The second-order valence-electron chi connectivity index (χ2n) is 6.62. The molecule has 2 heterocycles. The lowest BCUT2D eigenvalue weighted by Crippen LogP contribution is -2.55. The number of thioether (sulfide) groups is 1. The van der Waals surface area contributed by atoms with Crippen LogP contribution in [0.2, 0.25) is 0 Å². The molecule has 0 fully saturated rings. The van der Waals surface area contributed by atoms with Gasteiger partial charge in [0.1, 0.15) is 0 Å². The van der Waals surface area contributed by atoms with Gasteiger partial charge in [0.2, 0.25) is 5.91 Å². The number of rotatable bonds is 4. The van der Waals surface area contributed by atoms with Crippen LogP contribution in [0.25, 0.3) is 0 Å². The summed E-state index contributed by atoms with van der Waals surface area (Å²) in [5.41, 5.74) is 3.79. The topological polar surface area (TPSA) is 67.2 Å². The largest absolute Gasteiger partial charge is 0.350 e. The summed E-state index contributed by atoms with van der Waals surface area (Å²) in [7, 11) is 1.71. The van der Waals surface area contributed by atoms with E-state index in [4.69, 9.17) is 0 Å². The Morgan fingerprint density at radius 3 is 2.65 bits per heavy atom. The number of nitrogens with one attached hydrogen (secondary N) is 1. The van der Waals surface area contributed by atoms with Crippen molar-refractivity contribution in [3.63, 3.8) is 0 Å². The minimum absolute atomic E-state index is 0.212. The number of carbonyl (C=O) groups excluding carboxylic acids is 2. The van der Waals surface area contributed by atoms with Crippen molar-refractivity contribution in [2.24, 2.45) is 0 Å². The summed E-state index contributed by atoms with van der Waals surface area (Å²) < 4.78 is 0.731. The molecule has 0 saturated heterocycles. The molecule has 138 valence electrons. The van der Waals surface area contributed by atoms with Crippen molar-refractivity contribution in [1.29, 1.82) is 0 Å². The molecule has 3 rings (SSSR count). The maximum Gasteiger partial charge on any atom is 0.252 e. The van der Waals surface area contributed by atoms with Crippen molar-refractivity contribution in [1.82, 2.24) is 15.1 Å². The van der Waals surface area contributed by atoms with Gasteiger partial charge >= 0.3 is 0 Å². The van der Waals surface area contributed by atoms with Crippen molar-refractivity contribution in [2.45, 2.75) is 50.4 Å². The molecule has 1 aliphatic heterocycles. The second-order valence-corrected chi connectivity index (χ2v) is 8.08. The number of aryl methyl sites for hydroxylation is 2. The van der Waals surface area contributed by atoms with Gasteiger partial charge in [-0.25, -0.2) is 0 Å². The lowest BCUT2D eigenvalue weighted by Gasteiger charge is -2.36. The maximum absolute atomic E-state index is 13.0. The highest BCUT2D eigenvalue weighted by Gasteiger charge is 2.48. The Morgan fingerprint density at radius 1 is 1.31 bits per heavy atom. The van der Waals surface area contributed by atoms with E-state index < -0.39 is 4.75 Å². The van der Waals surface area contributed by atoms with Gasteiger partial charge in [0.25, 0.3) is 5.91 Å². The number of carbonyl (C=O) groups is 2. The molecule has 1 atom stereocenters. The van der Waals surface area contributed by atoms with Gasteiger partial charge in [-0.1, -0.05) is 23.9 Å². The Balaban J connectivity index is 1.82. The van der Waals surface area contributed by atoms with Gasteiger partial charge in [-0.15, -0.1) is 0 Å². The predicted octanol–water partition coefficient (Wildman–Crippen LogP) is 2.66. The van der Waals surface area contributed by atoms with Crippen LogP contribution in [-0.4, -0.2) is 33.4 Å². The number of aromatic nitrogens is 2. The van der Waals surface area contributed by atoms with Gasteiger partial charge in [-0.3, -0.25) is 14.3 Å². The van der Waals surface area contributed by atoms with Gasteiger partial charge in [-0.05, 0) is 39.8 Å². The van der Waals surface area contributed by atoms with E-state index in [2.05, 4.69) is 10.4 Å². The third kappa shape index (κ3) is 2.90. The minimum Gasteiger partial charge on any atom is -0.350 e. The molecule has 26 heavy (non-hydrogen) atoms. The number of para-hydroxylation sites is 1. The lowest BCUT2D eigenvalue weighted by molar-refractivity contribution is -0.131. The van der Waals surface area contributed by atoms with Crippen LogP contribution in [0.4, 0.5) is 5.69 Å². The molecule has 0 bridgehead atoms. The zero-order chi connectivity index (χ0) is 19.1. The van der Waals surface area contributed by atoms with Crippen molar-refractivity contribution in [3.8, 4) is 0 Å². The van der Waals surface area contributed by atoms with Crippen LogP contribution in [0, 0.1) is 13.8 Å². The maximum atomic E-state index is 13.0. The number of hydrogen-bond acceptors (Lipinski definition) is 4. The zero-order valence-corrected chi connectivity index (χ0v) is 16.6. The highest BCUT2D eigenvalue weighted by molar-refractivity contribution is 8.02. The lowest BCUT2D eigenvalue weighted by atomic mass is 10.1. The third-order valence-corrected chi connectivity index (χ3v) is 6.28. The number of amides is 2. The highest BCUT2D eigenvalue weighted by atomic mass is 32.2. The van der Waals surface area contributed by atoms with Gasteiger partial charge < -0.3 is 10.2 Å². The molecule has 0 spiro atoms. The summed E-state index contributed by atoms with van der Waals surface area (Å²) in [5, 5.41) is 7.43. The predicted molar refractivity (Wildman–Crippen MR) is 103 cm³/mol. The smallest absolute Gasteiger partial charge is 0.252 e. The first-order valence-electron chi connectivity index (χ1n) is 8.67. The van der Waals surface area contributed by atoms with Gasteiger partial charge in [0.15, 0.2) is 4.75 Å². The fourth-order valence-electron chi connectivity index (χ4n) is 3.29. The van der Waals surface area contributed by atoms with Gasteiger partial charge in [0, 0.05) is 36.3 Å². The average molecular weight is 372 g/mol. The van der Waals surface area contributed by atoms with Crippen molar-refractivity contribution < 1.29 is 9.59 Å². The van der Waals surface area contributed by atoms with E-state index in [9.17, 15) is 9.59 Å². The van der Waals surface area contributed by atoms with E-state index in [0.29, 0.717) is 6.54 Å². The molecule has 1 N–H and O–H groups in total. The summed E-state index contributed by atoms with van der Waals surface area (Å²) in [6, 6.07) is 7.64. The van der Waals surface area contributed by atoms with Crippen LogP contribution in [0.15, 0.2) is 29.2 Å². The minimum atomic E-state index is -1.19. The Labute approximate surface area is 157 Å². The summed E-state index contributed by atoms with van der Waals surface area (Å²) in [6.45, 7) is 8.81. The molecule has 1 unspecified atom stereocenters. The fourth-order valence-corrected chi connectivity index (χ4v) is 4.58. The molecule has 1 aromatic heterocycles. The molecule has 2 aromatic rings. The molecule has 0 saturated carbocycles. The summed E-state index contributed by atoms with van der Waals surface area (Å²) in [4.78, 5) is 28.3. The van der Waals surface area contributed by atoms with E-state index in [-0.39, 0.29) is 11.8 Å². The first-order valence-corrected chi connectivity index (χ1v) is 9.48. The molecule has 1 aliphatic rings. The molecular weight excluding hydrogens is 348 g/mol. The molecule has 0 aliphatic carbocycles. The number of hydrogen-bond donors (Lipinski definition) is 1. The van der Waals surface area contributed by atoms with Gasteiger partial charge in [0.05, 0.1) is 11.4 Å². The molecular formula is C19H24N4O2S. The van der Waals surface area contributed by atoms with E-state index in [1.54, 1.807) is 18.9 Å². The number of benzene rings is 1. The van der Waals surface area contributed by atoms with E-state index in [1.165, 1.54) is 11.8 Å². The molecule has 6 nitrogen and oxygen atoms in total. The normalized spacial score (nSPS) is 19.4. The quantitative estimate of drug-likeness (QED) is 0.838. The fraction of sp³-hybridized carbons (Fsp3) is 0.421. The average Bonchev–Trinajstić information content (AvgIpc) is 2.91. The van der Waals surface area contributed by atoms with Crippen LogP contribution in [0.5, 0.6) is 0 Å². The molecule has 1 aromatic carbocycles. The summed E-state index contributed by atoms with van der Waals surface area (Å²) in [5.74, 6) is -0.492. The second kappa shape index (κ2) is 6.79.